The number of nitrogens with one attached hydrogen (secondary N) is 2. The number of hydrogen-bond acceptors (Lipinski definition) is 2. The van der Waals surface area contributed by atoms with Gasteiger partial charge in [-0.2, -0.15) is 0 Å². The van der Waals surface area contributed by atoms with Gasteiger partial charge in [-0.3, -0.25) is 10.1 Å². The number of unbranched alkanes of at least 4 members (excludes halogenated alkanes) is 2. The third-order valence-electron chi connectivity index (χ3n) is 5.89. The molecule has 0 radical (unpaired) electrons. The Bertz CT molecular complexity index is 1030. The first-order chi connectivity index (χ1) is 15.2. The topological polar surface area (TPSA) is 48.1 Å². The number of nitrogens with zero attached hydrogens (tertiary/aromatic N) is 1. The minimum atomic E-state index is -1.72. The fraction of sp³-hybridized carbons (Fsp3) is 0.560. The van der Waals surface area contributed by atoms with Crippen molar-refractivity contribution in [3.05, 3.63) is 35.0 Å². The van der Waals surface area contributed by atoms with Gasteiger partial charge in [0.05, 0.1) is 17.7 Å². The fourth-order valence-electron chi connectivity index (χ4n) is 4.33. The number of rotatable bonds is 7. The van der Waals surface area contributed by atoms with Crippen LogP contribution >= 0.6 is 0 Å². The number of hydrogen-bond donors (Lipinski definition) is 2. The number of carbonyl (C=O) groups excluding carboxylic acids is 1. The summed E-state index contributed by atoms with van der Waals surface area (Å²) in [6.07, 6.45) is 4.90. The Labute approximate surface area is 191 Å². The molecule has 0 aliphatic carbocycles. The molecule has 4 nitrogen and oxygen atoms in total. The van der Waals surface area contributed by atoms with Gasteiger partial charge in [0.15, 0.2) is 0 Å². The number of aromatic amines is 1. The van der Waals surface area contributed by atoms with Gasteiger partial charge in [-0.1, -0.05) is 52.8 Å². The molecule has 1 aromatic carbocycles. The van der Waals surface area contributed by atoms with Gasteiger partial charge in [0.1, 0.15) is 19.7 Å². The van der Waals surface area contributed by atoms with Crippen LogP contribution in [-0.4, -0.2) is 36.6 Å². The molecular formula is C25H35F2N3OSi. The fourth-order valence-corrected chi connectivity index (χ4v) is 4.81. The van der Waals surface area contributed by atoms with Crippen molar-refractivity contribution in [1.29, 1.82) is 0 Å². The quantitative estimate of drug-likeness (QED) is 0.319. The lowest BCUT2D eigenvalue weighted by molar-refractivity contribution is -0.132. The van der Waals surface area contributed by atoms with Gasteiger partial charge < -0.3 is 9.88 Å². The second kappa shape index (κ2) is 10.2. The third-order valence-corrected chi connectivity index (χ3v) is 6.76. The van der Waals surface area contributed by atoms with Gasteiger partial charge in [0, 0.05) is 23.6 Å². The number of H-pyrrole nitrogens is 1. The average molecular weight is 460 g/mol. The maximum absolute atomic E-state index is 14.6. The van der Waals surface area contributed by atoms with Gasteiger partial charge in [-0.05, 0) is 36.9 Å². The Morgan fingerprint density at radius 1 is 1.22 bits per heavy atom. The van der Waals surface area contributed by atoms with Crippen LogP contribution in [0.25, 0.3) is 10.9 Å². The van der Waals surface area contributed by atoms with E-state index in [0.29, 0.717) is 17.3 Å². The van der Waals surface area contributed by atoms with E-state index in [4.69, 9.17) is 0 Å². The van der Waals surface area contributed by atoms with Crippen molar-refractivity contribution >= 4 is 24.9 Å². The smallest absolute Gasteiger partial charge is 0.299 e. The predicted octanol–water partition coefficient (Wildman–Crippen LogP) is 5.66. The Hall–Kier alpha value is -2.17. The number of benzene rings is 1. The predicted molar refractivity (Wildman–Crippen MR) is 129 cm³/mol. The summed E-state index contributed by atoms with van der Waals surface area (Å²) in [7, 11) is -1.72. The van der Waals surface area contributed by atoms with Crippen molar-refractivity contribution < 1.29 is 13.6 Å². The summed E-state index contributed by atoms with van der Waals surface area (Å²) in [4.78, 5) is 18.5. The molecule has 0 unspecified atom stereocenters. The SMILES string of the molecule is CCCCN[C@H]1Cc2c([nH]c3c(F)cc(F)cc23)[C@H](CCCC)N1C(=O)C#C[Si](C)(C)C. The van der Waals surface area contributed by atoms with Gasteiger partial charge in [-0.15, -0.1) is 5.54 Å². The van der Waals surface area contributed by atoms with Crippen molar-refractivity contribution in [3.63, 3.8) is 0 Å². The molecule has 2 atom stereocenters. The Morgan fingerprint density at radius 3 is 2.59 bits per heavy atom. The molecule has 1 aromatic heterocycles. The van der Waals surface area contributed by atoms with Crippen LogP contribution in [0.3, 0.4) is 0 Å². The van der Waals surface area contributed by atoms with E-state index in [1.165, 1.54) is 6.07 Å². The maximum atomic E-state index is 14.6. The van der Waals surface area contributed by atoms with Crippen molar-refractivity contribution in [2.24, 2.45) is 0 Å². The lowest BCUT2D eigenvalue weighted by Crippen LogP contribution is -2.54. The summed E-state index contributed by atoms with van der Waals surface area (Å²) in [5.41, 5.74) is 5.23. The molecule has 1 amide bonds. The van der Waals surface area contributed by atoms with Gasteiger partial charge in [0.2, 0.25) is 0 Å². The van der Waals surface area contributed by atoms with Crippen LogP contribution < -0.4 is 5.32 Å². The van der Waals surface area contributed by atoms with Crippen molar-refractivity contribution in [1.82, 2.24) is 15.2 Å². The number of aromatic nitrogens is 1. The van der Waals surface area contributed by atoms with Gasteiger partial charge >= 0.3 is 0 Å². The van der Waals surface area contributed by atoms with E-state index in [9.17, 15) is 13.6 Å². The minimum absolute atomic E-state index is 0.196. The van der Waals surface area contributed by atoms with Crippen molar-refractivity contribution in [2.45, 2.75) is 84.2 Å². The Kier molecular flexibility index (Phi) is 7.78. The van der Waals surface area contributed by atoms with Crippen LogP contribution in [0.15, 0.2) is 12.1 Å². The van der Waals surface area contributed by atoms with Crippen LogP contribution in [0.5, 0.6) is 0 Å². The van der Waals surface area contributed by atoms with E-state index in [-0.39, 0.29) is 18.1 Å². The number of carbonyl (C=O) groups is 1. The summed E-state index contributed by atoms with van der Waals surface area (Å²) in [6, 6.07) is 2.05. The zero-order valence-corrected chi connectivity index (χ0v) is 20.9. The van der Waals surface area contributed by atoms with E-state index < -0.39 is 19.7 Å². The largest absolute Gasteiger partial charge is 0.354 e. The normalized spacial score (nSPS) is 18.4. The molecule has 0 bridgehead atoms. The Morgan fingerprint density at radius 2 is 1.94 bits per heavy atom. The number of amides is 1. The van der Waals surface area contributed by atoms with E-state index in [0.717, 1.165) is 56.0 Å². The highest BCUT2D eigenvalue weighted by molar-refractivity contribution is 6.84. The zero-order valence-electron chi connectivity index (χ0n) is 19.9. The van der Waals surface area contributed by atoms with E-state index in [1.54, 1.807) is 0 Å². The molecule has 2 N–H and O–H groups in total. The van der Waals surface area contributed by atoms with Crippen molar-refractivity contribution in [2.75, 3.05) is 6.54 Å². The average Bonchev–Trinajstić information content (AvgIpc) is 3.08. The first kappa shape index (κ1) is 24.5. The number of halogens is 2. The molecule has 1 aliphatic heterocycles. The summed E-state index contributed by atoms with van der Waals surface area (Å²) < 4.78 is 28.6. The van der Waals surface area contributed by atoms with Crippen LogP contribution in [0.1, 0.15) is 63.3 Å². The molecule has 2 heterocycles. The van der Waals surface area contributed by atoms with E-state index in [2.05, 4.69) is 55.3 Å². The van der Waals surface area contributed by atoms with Crippen LogP contribution in [0.2, 0.25) is 19.6 Å². The molecule has 0 fully saturated rings. The van der Waals surface area contributed by atoms with Gasteiger partial charge in [-0.25, -0.2) is 8.78 Å². The molecule has 2 aromatic rings. The molecular weight excluding hydrogens is 424 g/mol. The first-order valence-electron chi connectivity index (χ1n) is 11.7. The van der Waals surface area contributed by atoms with E-state index >= 15 is 0 Å². The second-order valence-electron chi connectivity index (χ2n) is 9.73. The summed E-state index contributed by atoms with van der Waals surface area (Å²) >= 11 is 0. The van der Waals surface area contributed by atoms with E-state index in [1.807, 2.05) is 4.90 Å². The molecule has 7 heteroatoms. The van der Waals surface area contributed by atoms with Crippen LogP contribution in [0, 0.1) is 23.1 Å². The van der Waals surface area contributed by atoms with Crippen molar-refractivity contribution in [3.8, 4) is 11.5 Å². The summed E-state index contributed by atoms with van der Waals surface area (Å²) in [6.45, 7) is 11.3. The third kappa shape index (κ3) is 5.41. The lowest BCUT2D eigenvalue weighted by atomic mass is 9.91. The summed E-state index contributed by atoms with van der Waals surface area (Å²) in [5.74, 6) is 1.53. The standard InChI is InChI=1S/C25H35F2N3OSi/c1-6-8-10-21-25-19(18-14-17(26)15-20(27)24(18)29-25)16-22(28-12-9-7-2)30(21)23(31)11-13-32(3,4)5/h14-15,21-22,28-29H,6-10,12,16H2,1-5H3/t21-,22+/m0/s1. The van der Waals surface area contributed by atoms with Crippen LogP contribution in [-0.2, 0) is 11.2 Å². The second-order valence-corrected chi connectivity index (χ2v) is 14.5. The maximum Gasteiger partial charge on any atom is 0.299 e. The van der Waals surface area contributed by atoms with Crippen LogP contribution in [0.4, 0.5) is 8.78 Å². The summed E-state index contributed by atoms with van der Waals surface area (Å²) in [5, 5.41) is 4.10. The molecule has 0 saturated heterocycles. The monoisotopic (exact) mass is 459 g/mol. The molecule has 32 heavy (non-hydrogen) atoms. The minimum Gasteiger partial charge on any atom is -0.354 e. The molecule has 3 rings (SSSR count). The molecule has 174 valence electrons. The first-order valence-corrected chi connectivity index (χ1v) is 15.2. The molecule has 0 spiro atoms. The van der Waals surface area contributed by atoms with Gasteiger partial charge in [0.25, 0.3) is 5.91 Å². The highest BCUT2D eigenvalue weighted by atomic mass is 28.3. The lowest BCUT2D eigenvalue weighted by Gasteiger charge is -2.41. The molecule has 1 aliphatic rings. The highest BCUT2D eigenvalue weighted by Gasteiger charge is 2.39. The Balaban J connectivity index is 2.12. The number of fused-ring (bicyclic) bond motifs is 3. The zero-order chi connectivity index (χ0) is 23.5. The highest BCUT2D eigenvalue weighted by Crippen LogP contribution is 2.40. The molecule has 0 saturated carbocycles.